The molecule has 0 fully saturated rings. The number of anilines is 1. The molecule has 5 nitrogen and oxygen atoms in total. The van der Waals surface area contributed by atoms with Gasteiger partial charge >= 0.3 is 0 Å². The van der Waals surface area contributed by atoms with Crippen LogP contribution in [-0.2, 0) is 17.8 Å². The summed E-state index contributed by atoms with van der Waals surface area (Å²) < 4.78 is 5.18. The van der Waals surface area contributed by atoms with E-state index >= 15 is 0 Å². The Morgan fingerprint density at radius 2 is 2.11 bits per heavy atom. The summed E-state index contributed by atoms with van der Waals surface area (Å²) in [5, 5.41) is 4.93. The largest absolute Gasteiger partial charge is 0.465 e. The number of nitrogens with zero attached hydrogens (tertiary/aromatic N) is 1. The molecule has 0 bridgehead atoms. The average molecular weight is 392 g/mol. The standard InChI is InChI=1S/C22H20N2O3S/c1-15-18(22(26)24-11-9-20-16(14-24)10-13-28-20)5-2-6-19(15)23-21(25)8-7-17-4-3-12-27-17/h2-8,10,12-13H,9,11,14H2,1H3,(H,23,25)/b8-7+. The summed E-state index contributed by atoms with van der Waals surface area (Å²) in [5.41, 5.74) is 3.25. The van der Waals surface area contributed by atoms with Gasteiger partial charge in [-0.05, 0) is 66.3 Å². The Hall–Kier alpha value is -3.12. The first-order valence-electron chi connectivity index (χ1n) is 9.08. The summed E-state index contributed by atoms with van der Waals surface area (Å²) >= 11 is 1.75. The smallest absolute Gasteiger partial charge is 0.254 e. The van der Waals surface area contributed by atoms with Crippen LogP contribution in [0, 0.1) is 6.92 Å². The number of benzene rings is 1. The van der Waals surface area contributed by atoms with E-state index in [2.05, 4.69) is 16.8 Å². The minimum Gasteiger partial charge on any atom is -0.465 e. The number of fused-ring (bicyclic) bond motifs is 1. The Balaban J connectivity index is 1.49. The third-order valence-electron chi connectivity index (χ3n) is 4.86. The topological polar surface area (TPSA) is 62.6 Å². The average Bonchev–Trinajstić information content (AvgIpc) is 3.38. The van der Waals surface area contributed by atoms with Crippen molar-refractivity contribution in [2.45, 2.75) is 19.9 Å². The fourth-order valence-electron chi connectivity index (χ4n) is 3.31. The predicted octanol–water partition coefficient (Wildman–Crippen LogP) is 4.50. The number of amides is 2. The number of nitrogens with one attached hydrogen (secondary N) is 1. The van der Waals surface area contributed by atoms with Crippen LogP contribution in [0.2, 0.25) is 0 Å². The van der Waals surface area contributed by atoms with E-state index in [-0.39, 0.29) is 11.8 Å². The minimum absolute atomic E-state index is 0.00317. The molecule has 0 aliphatic carbocycles. The van der Waals surface area contributed by atoms with Crippen molar-refractivity contribution in [1.29, 1.82) is 0 Å². The van der Waals surface area contributed by atoms with Crippen molar-refractivity contribution in [2.24, 2.45) is 0 Å². The zero-order valence-corrected chi connectivity index (χ0v) is 16.3. The zero-order valence-electron chi connectivity index (χ0n) is 15.5. The highest BCUT2D eigenvalue weighted by Gasteiger charge is 2.24. The fourth-order valence-corrected chi connectivity index (χ4v) is 4.20. The molecule has 0 spiro atoms. The van der Waals surface area contributed by atoms with Crippen molar-refractivity contribution < 1.29 is 14.0 Å². The van der Waals surface area contributed by atoms with Crippen LogP contribution in [0.4, 0.5) is 5.69 Å². The van der Waals surface area contributed by atoms with Gasteiger partial charge in [-0.1, -0.05) is 6.07 Å². The summed E-state index contributed by atoms with van der Waals surface area (Å²) in [5.74, 6) is 0.329. The Kier molecular flexibility index (Phi) is 5.12. The summed E-state index contributed by atoms with van der Waals surface area (Å²) in [6, 6.07) is 11.0. The molecule has 1 aromatic carbocycles. The number of rotatable bonds is 4. The monoisotopic (exact) mass is 392 g/mol. The second-order valence-corrected chi connectivity index (χ2v) is 7.66. The van der Waals surface area contributed by atoms with Crippen molar-refractivity contribution in [3.63, 3.8) is 0 Å². The van der Waals surface area contributed by atoms with Gasteiger partial charge in [0.15, 0.2) is 0 Å². The number of carbonyl (C=O) groups is 2. The highest BCUT2D eigenvalue weighted by molar-refractivity contribution is 7.10. The van der Waals surface area contributed by atoms with Crippen molar-refractivity contribution in [3.8, 4) is 0 Å². The van der Waals surface area contributed by atoms with E-state index in [0.29, 0.717) is 30.1 Å². The lowest BCUT2D eigenvalue weighted by Crippen LogP contribution is -2.35. The molecule has 1 aliphatic rings. The van der Waals surface area contributed by atoms with Crippen LogP contribution in [0.25, 0.3) is 6.08 Å². The summed E-state index contributed by atoms with van der Waals surface area (Å²) in [6.07, 6.45) is 5.46. The highest BCUT2D eigenvalue weighted by Crippen LogP contribution is 2.27. The van der Waals surface area contributed by atoms with Crippen LogP contribution in [0.3, 0.4) is 0 Å². The Morgan fingerprint density at radius 1 is 1.21 bits per heavy atom. The third kappa shape index (κ3) is 3.77. The van der Waals surface area contributed by atoms with Gasteiger partial charge in [-0.25, -0.2) is 0 Å². The maximum absolute atomic E-state index is 13.1. The van der Waals surface area contributed by atoms with E-state index in [4.69, 9.17) is 4.42 Å². The maximum atomic E-state index is 13.1. The van der Waals surface area contributed by atoms with E-state index < -0.39 is 0 Å². The Morgan fingerprint density at radius 3 is 2.93 bits per heavy atom. The van der Waals surface area contributed by atoms with Gasteiger partial charge in [0.25, 0.3) is 5.91 Å². The minimum atomic E-state index is -0.273. The third-order valence-corrected chi connectivity index (χ3v) is 5.88. The lowest BCUT2D eigenvalue weighted by atomic mass is 10.0. The SMILES string of the molecule is Cc1c(NC(=O)/C=C/c2ccco2)cccc1C(=O)N1CCc2sccc2C1. The van der Waals surface area contributed by atoms with Gasteiger partial charge < -0.3 is 14.6 Å². The first-order chi connectivity index (χ1) is 13.6. The fraction of sp³-hybridized carbons (Fsp3) is 0.182. The number of thiophene rings is 1. The quantitative estimate of drug-likeness (QED) is 0.665. The molecule has 0 unspecified atom stereocenters. The van der Waals surface area contributed by atoms with E-state index in [1.54, 1.807) is 47.9 Å². The molecule has 1 N–H and O–H groups in total. The first-order valence-corrected chi connectivity index (χ1v) is 9.96. The Bertz CT molecular complexity index is 1030. The van der Waals surface area contributed by atoms with Gasteiger partial charge in [-0.3, -0.25) is 9.59 Å². The normalized spacial score (nSPS) is 13.5. The molecule has 1 aliphatic heterocycles. The van der Waals surface area contributed by atoms with Crippen LogP contribution < -0.4 is 5.32 Å². The molecule has 0 saturated carbocycles. The second kappa shape index (κ2) is 7.86. The van der Waals surface area contributed by atoms with Gasteiger partial charge in [0, 0.05) is 35.3 Å². The molecule has 28 heavy (non-hydrogen) atoms. The number of carbonyl (C=O) groups excluding carboxylic acids is 2. The Labute approximate surface area is 167 Å². The highest BCUT2D eigenvalue weighted by atomic mass is 32.1. The van der Waals surface area contributed by atoms with Gasteiger partial charge in [0.1, 0.15) is 5.76 Å². The predicted molar refractivity (Wildman–Crippen MR) is 110 cm³/mol. The number of hydrogen-bond acceptors (Lipinski definition) is 4. The van der Waals surface area contributed by atoms with Gasteiger partial charge in [0.2, 0.25) is 5.91 Å². The molecule has 2 amide bonds. The molecule has 2 aromatic heterocycles. The van der Waals surface area contributed by atoms with Crippen molar-refractivity contribution >= 4 is 34.9 Å². The van der Waals surface area contributed by atoms with Crippen LogP contribution >= 0.6 is 11.3 Å². The molecule has 142 valence electrons. The van der Waals surface area contributed by atoms with Crippen molar-refractivity contribution in [2.75, 3.05) is 11.9 Å². The van der Waals surface area contributed by atoms with Gasteiger partial charge in [0.05, 0.1) is 6.26 Å². The molecular formula is C22H20N2O3S. The van der Waals surface area contributed by atoms with E-state index in [0.717, 1.165) is 12.0 Å². The van der Waals surface area contributed by atoms with Gasteiger partial charge in [-0.2, -0.15) is 0 Å². The van der Waals surface area contributed by atoms with Crippen LogP contribution in [-0.4, -0.2) is 23.3 Å². The molecule has 0 radical (unpaired) electrons. The number of furan rings is 1. The summed E-state index contributed by atoms with van der Waals surface area (Å²) in [7, 11) is 0. The van der Waals surface area contributed by atoms with Crippen LogP contribution in [0.1, 0.15) is 32.1 Å². The van der Waals surface area contributed by atoms with E-state index in [1.165, 1.54) is 16.5 Å². The molecule has 6 heteroatoms. The molecule has 0 atom stereocenters. The molecule has 3 aromatic rings. The first kappa shape index (κ1) is 18.3. The zero-order chi connectivity index (χ0) is 19.5. The maximum Gasteiger partial charge on any atom is 0.254 e. The molecule has 4 rings (SSSR count). The van der Waals surface area contributed by atoms with Crippen molar-refractivity contribution in [1.82, 2.24) is 4.90 Å². The van der Waals surface area contributed by atoms with E-state index in [1.807, 2.05) is 17.9 Å². The van der Waals surface area contributed by atoms with Gasteiger partial charge in [-0.15, -0.1) is 11.3 Å². The van der Waals surface area contributed by atoms with Crippen LogP contribution in [0.15, 0.2) is 58.5 Å². The summed E-state index contributed by atoms with van der Waals surface area (Å²) in [4.78, 5) is 28.5. The molecule has 3 heterocycles. The molecular weight excluding hydrogens is 372 g/mol. The lowest BCUT2D eigenvalue weighted by Gasteiger charge is -2.28. The van der Waals surface area contributed by atoms with E-state index in [9.17, 15) is 9.59 Å². The van der Waals surface area contributed by atoms with Crippen LogP contribution in [0.5, 0.6) is 0 Å². The second-order valence-electron chi connectivity index (χ2n) is 6.66. The number of hydrogen-bond donors (Lipinski definition) is 1. The molecule has 0 saturated heterocycles. The lowest BCUT2D eigenvalue weighted by molar-refractivity contribution is -0.111. The van der Waals surface area contributed by atoms with Crippen molar-refractivity contribution in [3.05, 3.63) is 81.4 Å². The summed E-state index contributed by atoms with van der Waals surface area (Å²) in [6.45, 7) is 3.22.